The quantitative estimate of drug-likeness (QED) is 0.914. The van der Waals surface area contributed by atoms with Gasteiger partial charge in [-0.15, -0.1) is 11.3 Å². The summed E-state index contributed by atoms with van der Waals surface area (Å²) >= 11 is 1.74. The fourth-order valence-corrected chi connectivity index (χ4v) is 3.21. The SMILES string of the molecule is Cc1csc(CCNC(C)c2c(C)nn(C)c2C)n1. The van der Waals surface area contributed by atoms with Crippen LogP contribution in [0.4, 0.5) is 0 Å². The lowest BCUT2D eigenvalue weighted by molar-refractivity contribution is 0.570. The average molecular weight is 278 g/mol. The number of aromatic nitrogens is 3. The van der Waals surface area contributed by atoms with Gasteiger partial charge in [0.25, 0.3) is 0 Å². The third-order valence-corrected chi connectivity index (χ3v) is 4.48. The molecule has 2 rings (SSSR count). The molecule has 0 aromatic carbocycles. The van der Waals surface area contributed by atoms with E-state index in [0.29, 0.717) is 6.04 Å². The van der Waals surface area contributed by atoms with E-state index in [1.165, 1.54) is 16.3 Å². The first-order valence-electron chi connectivity index (χ1n) is 6.63. The van der Waals surface area contributed by atoms with E-state index in [4.69, 9.17) is 0 Å². The van der Waals surface area contributed by atoms with Crippen molar-refractivity contribution in [3.05, 3.63) is 33.0 Å². The van der Waals surface area contributed by atoms with Gasteiger partial charge in [-0.1, -0.05) is 0 Å². The van der Waals surface area contributed by atoms with Crippen molar-refractivity contribution in [2.45, 2.75) is 40.2 Å². The van der Waals surface area contributed by atoms with Crippen LogP contribution < -0.4 is 5.32 Å². The summed E-state index contributed by atoms with van der Waals surface area (Å²) in [5.74, 6) is 0. The van der Waals surface area contributed by atoms with Gasteiger partial charge in [0, 0.05) is 48.4 Å². The van der Waals surface area contributed by atoms with Crippen molar-refractivity contribution in [2.75, 3.05) is 6.54 Å². The van der Waals surface area contributed by atoms with E-state index in [9.17, 15) is 0 Å². The first-order valence-corrected chi connectivity index (χ1v) is 7.51. The van der Waals surface area contributed by atoms with E-state index in [-0.39, 0.29) is 0 Å². The molecule has 4 nitrogen and oxygen atoms in total. The van der Waals surface area contributed by atoms with Crippen molar-refractivity contribution in [1.82, 2.24) is 20.1 Å². The van der Waals surface area contributed by atoms with Crippen LogP contribution >= 0.6 is 11.3 Å². The Kier molecular flexibility index (Phi) is 4.37. The highest BCUT2D eigenvalue weighted by Gasteiger charge is 2.15. The van der Waals surface area contributed by atoms with Crippen molar-refractivity contribution in [2.24, 2.45) is 7.05 Å². The molecule has 0 bridgehead atoms. The maximum absolute atomic E-state index is 4.48. The topological polar surface area (TPSA) is 42.7 Å². The van der Waals surface area contributed by atoms with Gasteiger partial charge < -0.3 is 5.32 Å². The Morgan fingerprint density at radius 2 is 2.11 bits per heavy atom. The fraction of sp³-hybridized carbons (Fsp3) is 0.571. The number of thiazole rings is 1. The first-order chi connectivity index (χ1) is 8.99. The maximum atomic E-state index is 4.48. The van der Waals surface area contributed by atoms with Gasteiger partial charge >= 0.3 is 0 Å². The number of nitrogens with one attached hydrogen (secondary N) is 1. The minimum absolute atomic E-state index is 0.328. The van der Waals surface area contributed by atoms with Crippen LogP contribution in [0.25, 0.3) is 0 Å². The molecule has 0 aliphatic rings. The van der Waals surface area contributed by atoms with Crippen LogP contribution in [-0.4, -0.2) is 21.3 Å². The molecule has 0 amide bonds. The maximum Gasteiger partial charge on any atom is 0.0940 e. The molecule has 0 saturated heterocycles. The largest absolute Gasteiger partial charge is 0.310 e. The lowest BCUT2D eigenvalue weighted by Crippen LogP contribution is -2.22. The van der Waals surface area contributed by atoms with Crippen molar-refractivity contribution in [3.8, 4) is 0 Å². The standard InChI is InChI=1S/C14H22N4S/c1-9-8-19-13(16-9)6-7-15-10(2)14-11(3)17-18(5)12(14)4/h8,10,15H,6-7H2,1-5H3. The van der Waals surface area contributed by atoms with Gasteiger partial charge in [0.2, 0.25) is 0 Å². The second-order valence-corrected chi connectivity index (χ2v) is 5.96. The van der Waals surface area contributed by atoms with Gasteiger partial charge in [0.15, 0.2) is 0 Å². The van der Waals surface area contributed by atoms with Crippen LogP contribution in [0, 0.1) is 20.8 Å². The van der Waals surface area contributed by atoms with E-state index >= 15 is 0 Å². The van der Waals surface area contributed by atoms with Crippen molar-refractivity contribution in [3.63, 3.8) is 0 Å². The normalized spacial score (nSPS) is 12.9. The molecule has 2 aromatic rings. The summed E-state index contributed by atoms with van der Waals surface area (Å²) in [5, 5.41) is 11.3. The predicted octanol–water partition coefficient (Wildman–Crippen LogP) is 2.70. The molecule has 0 aliphatic carbocycles. The minimum Gasteiger partial charge on any atom is -0.310 e. The highest BCUT2D eigenvalue weighted by atomic mass is 32.1. The summed E-state index contributed by atoms with van der Waals surface area (Å²) in [4.78, 5) is 4.48. The number of hydrogen-bond donors (Lipinski definition) is 1. The summed E-state index contributed by atoms with van der Waals surface area (Å²) in [6.45, 7) is 9.38. The van der Waals surface area contributed by atoms with Crippen LogP contribution in [0.3, 0.4) is 0 Å². The molecule has 19 heavy (non-hydrogen) atoms. The molecular formula is C14H22N4S. The molecule has 0 aliphatic heterocycles. The third kappa shape index (κ3) is 3.22. The molecule has 2 heterocycles. The Hall–Kier alpha value is -1.20. The van der Waals surface area contributed by atoms with Gasteiger partial charge in [-0.25, -0.2) is 4.98 Å². The molecular weight excluding hydrogens is 256 g/mol. The Bertz CT molecular complexity index is 556. The van der Waals surface area contributed by atoms with Gasteiger partial charge in [-0.05, 0) is 27.7 Å². The number of aryl methyl sites for hydroxylation is 3. The summed E-state index contributed by atoms with van der Waals surface area (Å²) < 4.78 is 1.95. The molecule has 1 unspecified atom stereocenters. The summed E-state index contributed by atoms with van der Waals surface area (Å²) in [6, 6.07) is 0.328. The molecule has 0 radical (unpaired) electrons. The van der Waals surface area contributed by atoms with Crippen LogP contribution in [0.2, 0.25) is 0 Å². The molecule has 1 N–H and O–H groups in total. The average Bonchev–Trinajstić information content (AvgIpc) is 2.84. The van der Waals surface area contributed by atoms with E-state index in [1.54, 1.807) is 11.3 Å². The molecule has 5 heteroatoms. The second kappa shape index (κ2) is 5.84. The zero-order valence-corrected chi connectivity index (χ0v) is 13.1. The second-order valence-electron chi connectivity index (χ2n) is 5.02. The molecule has 1 atom stereocenters. The lowest BCUT2D eigenvalue weighted by Gasteiger charge is -2.14. The zero-order chi connectivity index (χ0) is 14.0. The molecule has 0 spiro atoms. The van der Waals surface area contributed by atoms with Crippen molar-refractivity contribution < 1.29 is 0 Å². The molecule has 0 saturated carbocycles. The summed E-state index contributed by atoms with van der Waals surface area (Å²) in [7, 11) is 2.00. The summed E-state index contributed by atoms with van der Waals surface area (Å²) in [6.07, 6.45) is 0.987. The highest BCUT2D eigenvalue weighted by Crippen LogP contribution is 2.20. The Morgan fingerprint density at radius 3 is 2.63 bits per heavy atom. The van der Waals surface area contributed by atoms with Gasteiger partial charge in [0.1, 0.15) is 0 Å². The summed E-state index contributed by atoms with van der Waals surface area (Å²) in [5.41, 5.74) is 4.79. The molecule has 0 fully saturated rings. The Labute approximate surface area is 118 Å². The van der Waals surface area contributed by atoms with Crippen LogP contribution in [-0.2, 0) is 13.5 Å². The highest BCUT2D eigenvalue weighted by molar-refractivity contribution is 7.09. The van der Waals surface area contributed by atoms with Crippen molar-refractivity contribution in [1.29, 1.82) is 0 Å². The Morgan fingerprint density at radius 1 is 1.37 bits per heavy atom. The van der Waals surface area contributed by atoms with Crippen LogP contribution in [0.1, 0.15) is 40.6 Å². The smallest absolute Gasteiger partial charge is 0.0940 e. The number of nitrogens with zero attached hydrogens (tertiary/aromatic N) is 3. The van der Waals surface area contributed by atoms with Gasteiger partial charge in [0.05, 0.1) is 10.7 Å². The van der Waals surface area contributed by atoms with E-state index in [0.717, 1.165) is 24.4 Å². The minimum atomic E-state index is 0.328. The fourth-order valence-electron chi connectivity index (χ4n) is 2.43. The van der Waals surface area contributed by atoms with Crippen LogP contribution in [0.5, 0.6) is 0 Å². The Balaban J connectivity index is 1.92. The predicted molar refractivity (Wildman–Crippen MR) is 79.7 cm³/mol. The van der Waals surface area contributed by atoms with E-state index in [2.05, 4.69) is 41.6 Å². The lowest BCUT2D eigenvalue weighted by atomic mass is 10.1. The monoisotopic (exact) mass is 278 g/mol. The van der Waals surface area contributed by atoms with Gasteiger partial charge in [-0.2, -0.15) is 5.10 Å². The molecule has 2 aromatic heterocycles. The van der Waals surface area contributed by atoms with Gasteiger partial charge in [-0.3, -0.25) is 4.68 Å². The van der Waals surface area contributed by atoms with Crippen LogP contribution in [0.15, 0.2) is 5.38 Å². The van der Waals surface area contributed by atoms with Crippen molar-refractivity contribution >= 4 is 11.3 Å². The van der Waals surface area contributed by atoms with E-state index in [1.807, 2.05) is 18.7 Å². The number of rotatable bonds is 5. The van der Waals surface area contributed by atoms with E-state index < -0.39 is 0 Å². The first kappa shape index (κ1) is 14.2. The number of hydrogen-bond acceptors (Lipinski definition) is 4. The zero-order valence-electron chi connectivity index (χ0n) is 12.3. The third-order valence-electron chi connectivity index (χ3n) is 3.45. The molecule has 104 valence electrons.